The average molecular weight is 553 g/mol. The zero-order chi connectivity index (χ0) is 21.6. The van der Waals surface area contributed by atoms with Crippen LogP contribution in [0.3, 0.4) is 0 Å². The van der Waals surface area contributed by atoms with Crippen molar-refractivity contribution in [3.8, 4) is 5.75 Å². The number of benzene rings is 3. The molecular weight excluding hydrogens is 534 g/mol. The van der Waals surface area contributed by atoms with Crippen LogP contribution in [0.1, 0.15) is 12.3 Å². The van der Waals surface area contributed by atoms with Crippen LogP contribution in [0.4, 0.5) is 0 Å². The molecule has 0 bridgehead atoms. The summed E-state index contributed by atoms with van der Waals surface area (Å²) in [6.45, 7) is 1.50. The van der Waals surface area contributed by atoms with Crippen LogP contribution in [-0.2, 0) is 9.84 Å². The summed E-state index contributed by atoms with van der Waals surface area (Å²) in [5.74, 6) is 0.440. The molecule has 0 aliphatic rings. The van der Waals surface area contributed by atoms with Gasteiger partial charge in [-0.25, -0.2) is 8.42 Å². The summed E-state index contributed by atoms with van der Waals surface area (Å²) in [5.41, 5.74) is 1.45. The van der Waals surface area contributed by atoms with E-state index in [2.05, 4.69) is 31.9 Å². The van der Waals surface area contributed by atoms with Gasteiger partial charge in [-0.3, -0.25) is 0 Å². The molecule has 0 aliphatic heterocycles. The van der Waals surface area contributed by atoms with Gasteiger partial charge in [-0.2, -0.15) is 0 Å². The molecule has 0 amide bonds. The van der Waals surface area contributed by atoms with Crippen LogP contribution in [0, 0.1) is 0 Å². The standard InChI is InChI=1S/C22H19Br2NO4S/c1-13(26)22(30(27,28)17-5-3-4-16(12-17)29-2)25-20-8-6-14(23)10-18(20)19-11-15(24)7-9-21(19)25/h3-13,22,26H,1-2H3. The molecule has 2 unspecified atom stereocenters. The molecular formula is C22H19Br2NO4S. The third kappa shape index (κ3) is 3.56. The summed E-state index contributed by atoms with van der Waals surface area (Å²) in [4.78, 5) is 0.0944. The Morgan fingerprint density at radius 3 is 2.00 bits per heavy atom. The number of nitrogens with zero attached hydrogens (tertiary/aromatic N) is 1. The molecule has 4 rings (SSSR count). The van der Waals surface area contributed by atoms with Crippen LogP contribution in [0.15, 0.2) is 74.5 Å². The van der Waals surface area contributed by atoms with Crippen molar-refractivity contribution in [2.75, 3.05) is 7.11 Å². The maximum absolute atomic E-state index is 13.7. The van der Waals surface area contributed by atoms with Gasteiger partial charge in [0, 0.05) is 19.7 Å². The molecule has 1 aromatic heterocycles. The average Bonchev–Trinajstić information content (AvgIpc) is 3.00. The zero-order valence-corrected chi connectivity index (χ0v) is 20.2. The molecule has 8 heteroatoms. The molecule has 5 nitrogen and oxygen atoms in total. The molecule has 0 radical (unpaired) electrons. The third-order valence-electron chi connectivity index (χ3n) is 5.08. The zero-order valence-electron chi connectivity index (χ0n) is 16.2. The third-order valence-corrected chi connectivity index (χ3v) is 8.22. The first-order valence-electron chi connectivity index (χ1n) is 9.19. The summed E-state index contributed by atoms with van der Waals surface area (Å²) in [7, 11) is -2.46. The monoisotopic (exact) mass is 551 g/mol. The fourth-order valence-corrected chi connectivity index (χ4v) is 6.38. The predicted molar refractivity (Wildman–Crippen MR) is 126 cm³/mol. The van der Waals surface area contributed by atoms with E-state index in [-0.39, 0.29) is 4.90 Å². The first kappa shape index (κ1) is 21.4. The molecule has 30 heavy (non-hydrogen) atoms. The van der Waals surface area contributed by atoms with Crippen LogP contribution in [0.5, 0.6) is 5.75 Å². The normalized spacial score (nSPS) is 14.2. The predicted octanol–water partition coefficient (Wildman–Crippen LogP) is 5.68. The van der Waals surface area contributed by atoms with Crippen molar-refractivity contribution in [2.45, 2.75) is 23.3 Å². The van der Waals surface area contributed by atoms with Gasteiger partial charge in [-0.05, 0) is 61.5 Å². The van der Waals surface area contributed by atoms with Crippen LogP contribution in [0.2, 0.25) is 0 Å². The van der Waals surface area contributed by atoms with Gasteiger partial charge in [0.05, 0.1) is 29.1 Å². The van der Waals surface area contributed by atoms with E-state index in [0.717, 1.165) is 30.8 Å². The number of halogens is 2. The van der Waals surface area contributed by atoms with Crippen molar-refractivity contribution in [3.05, 3.63) is 69.6 Å². The molecule has 4 aromatic rings. The van der Waals surface area contributed by atoms with Gasteiger partial charge in [-0.15, -0.1) is 0 Å². The number of hydrogen-bond acceptors (Lipinski definition) is 4. The highest BCUT2D eigenvalue weighted by Gasteiger charge is 2.35. The summed E-state index contributed by atoms with van der Waals surface area (Å²) in [6.07, 6.45) is -1.16. The molecule has 0 aliphatic carbocycles. The second-order valence-electron chi connectivity index (χ2n) is 7.05. The van der Waals surface area contributed by atoms with Crippen molar-refractivity contribution in [1.29, 1.82) is 0 Å². The van der Waals surface area contributed by atoms with Gasteiger partial charge in [0.2, 0.25) is 9.84 Å². The van der Waals surface area contributed by atoms with Crippen molar-refractivity contribution in [3.63, 3.8) is 0 Å². The van der Waals surface area contributed by atoms with E-state index in [1.54, 1.807) is 16.7 Å². The topological polar surface area (TPSA) is 68.5 Å². The number of aliphatic hydroxyl groups excluding tert-OH is 1. The van der Waals surface area contributed by atoms with Crippen LogP contribution < -0.4 is 4.74 Å². The first-order chi connectivity index (χ1) is 14.2. The highest BCUT2D eigenvalue weighted by atomic mass is 79.9. The number of methoxy groups -OCH3 is 1. The Labute approximate surface area is 191 Å². The van der Waals surface area contributed by atoms with Crippen molar-refractivity contribution in [1.82, 2.24) is 4.57 Å². The highest BCUT2D eigenvalue weighted by molar-refractivity contribution is 9.10. The van der Waals surface area contributed by atoms with E-state index < -0.39 is 21.3 Å². The summed E-state index contributed by atoms with van der Waals surface area (Å²) < 4.78 is 36.1. The van der Waals surface area contributed by atoms with E-state index in [1.807, 2.05) is 36.4 Å². The fraction of sp³-hybridized carbons (Fsp3) is 0.182. The number of sulfone groups is 1. The summed E-state index contributed by atoms with van der Waals surface area (Å²) >= 11 is 7.00. The van der Waals surface area contributed by atoms with Crippen molar-refractivity contribution < 1.29 is 18.3 Å². The van der Waals surface area contributed by atoms with E-state index >= 15 is 0 Å². The molecule has 0 fully saturated rings. The van der Waals surface area contributed by atoms with Gasteiger partial charge < -0.3 is 14.4 Å². The molecule has 1 heterocycles. The Morgan fingerprint density at radius 2 is 1.50 bits per heavy atom. The maximum atomic E-state index is 13.7. The van der Waals surface area contributed by atoms with Crippen molar-refractivity contribution in [2.24, 2.45) is 0 Å². The largest absolute Gasteiger partial charge is 0.497 e. The molecule has 156 valence electrons. The van der Waals surface area contributed by atoms with E-state index in [9.17, 15) is 13.5 Å². The Bertz CT molecular complexity index is 1300. The van der Waals surface area contributed by atoms with Crippen molar-refractivity contribution >= 4 is 63.5 Å². The number of fused-ring (bicyclic) bond motifs is 3. The van der Waals surface area contributed by atoms with E-state index in [1.165, 1.54) is 26.2 Å². The minimum Gasteiger partial charge on any atom is -0.497 e. The second kappa shape index (κ2) is 8.00. The highest BCUT2D eigenvalue weighted by Crippen LogP contribution is 2.39. The fourth-order valence-electron chi connectivity index (χ4n) is 3.80. The molecule has 0 spiro atoms. The Morgan fingerprint density at radius 1 is 0.933 bits per heavy atom. The van der Waals surface area contributed by atoms with E-state index in [4.69, 9.17) is 4.74 Å². The minimum atomic E-state index is -3.95. The van der Waals surface area contributed by atoms with Crippen LogP contribution in [0.25, 0.3) is 21.8 Å². The Hall–Kier alpha value is -1.87. The number of ether oxygens (including phenoxy) is 1. The SMILES string of the molecule is COc1cccc(S(=O)(=O)C(C(C)O)n2c3ccc(Br)cc3c3cc(Br)ccc32)c1. The van der Waals surface area contributed by atoms with Crippen LogP contribution >= 0.6 is 31.9 Å². The number of rotatable bonds is 5. The second-order valence-corrected chi connectivity index (χ2v) is 10.9. The van der Waals surface area contributed by atoms with E-state index in [0.29, 0.717) is 5.75 Å². The molecule has 2 atom stereocenters. The first-order valence-corrected chi connectivity index (χ1v) is 12.3. The van der Waals surface area contributed by atoms with Gasteiger partial charge in [0.1, 0.15) is 5.75 Å². The number of aliphatic hydroxyl groups is 1. The lowest BCUT2D eigenvalue weighted by molar-refractivity contribution is 0.167. The summed E-state index contributed by atoms with van der Waals surface area (Å²) in [6, 6.07) is 17.7. The smallest absolute Gasteiger partial charge is 0.202 e. The Balaban J connectivity index is 2.06. The van der Waals surface area contributed by atoms with Gasteiger partial charge in [0.15, 0.2) is 5.37 Å². The summed E-state index contributed by atoms with van der Waals surface area (Å²) in [5, 5.41) is 11.3. The molecule has 1 N–H and O–H groups in total. The lowest BCUT2D eigenvalue weighted by atomic mass is 10.2. The maximum Gasteiger partial charge on any atom is 0.202 e. The van der Waals surface area contributed by atoms with Gasteiger partial charge in [0.25, 0.3) is 0 Å². The lowest BCUT2D eigenvalue weighted by Gasteiger charge is -2.24. The van der Waals surface area contributed by atoms with Crippen LogP contribution in [-0.4, -0.2) is 31.3 Å². The number of hydrogen-bond donors (Lipinski definition) is 1. The number of aromatic nitrogens is 1. The van der Waals surface area contributed by atoms with Gasteiger partial charge >= 0.3 is 0 Å². The quantitative estimate of drug-likeness (QED) is 0.346. The molecule has 3 aromatic carbocycles. The van der Waals surface area contributed by atoms with Gasteiger partial charge in [-0.1, -0.05) is 37.9 Å². The Kier molecular flexibility index (Phi) is 5.69. The molecule has 0 saturated carbocycles. The minimum absolute atomic E-state index is 0.0944. The lowest BCUT2D eigenvalue weighted by Crippen LogP contribution is -2.29. The molecule has 0 saturated heterocycles.